The first kappa shape index (κ1) is 15.2. The molecule has 1 aromatic rings. The van der Waals surface area contributed by atoms with E-state index in [2.05, 4.69) is 5.10 Å². The van der Waals surface area contributed by atoms with Gasteiger partial charge in [0.25, 0.3) is 0 Å². The van der Waals surface area contributed by atoms with Crippen LogP contribution in [0.25, 0.3) is 0 Å². The van der Waals surface area contributed by atoms with E-state index < -0.39 is 9.84 Å². The van der Waals surface area contributed by atoms with E-state index >= 15 is 0 Å². The number of nitrogens with two attached hydrogens (primary N) is 1. The van der Waals surface area contributed by atoms with Crippen molar-refractivity contribution in [2.24, 2.45) is 5.73 Å². The Morgan fingerprint density at radius 1 is 1.33 bits per heavy atom. The maximum atomic E-state index is 11.2. The monoisotopic (exact) mass is 273 g/mol. The number of sulfone groups is 1. The summed E-state index contributed by atoms with van der Waals surface area (Å²) in [5.41, 5.74) is 9.11. The van der Waals surface area contributed by atoms with Crippen LogP contribution in [0.2, 0.25) is 0 Å². The van der Waals surface area contributed by atoms with E-state index in [1.807, 2.05) is 20.8 Å². The van der Waals surface area contributed by atoms with Gasteiger partial charge in [0.05, 0.1) is 18.0 Å². The molecule has 0 spiro atoms. The van der Waals surface area contributed by atoms with Crippen molar-refractivity contribution in [3.8, 4) is 0 Å². The predicted octanol–water partition coefficient (Wildman–Crippen LogP) is 1.07. The first-order chi connectivity index (χ1) is 8.30. The Morgan fingerprint density at radius 2 is 1.94 bits per heavy atom. The summed E-state index contributed by atoms with van der Waals surface area (Å²) in [6, 6.07) is -0.0677. The highest BCUT2D eigenvalue weighted by molar-refractivity contribution is 7.90. The van der Waals surface area contributed by atoms with Gasteiger partial charge in [-0.05, 0) is 19.8 Å². The smallest absolute Gasteiger partial charge is 0.149 e. The van der Waals surface area contributed by atoms with Gasteiger partial charge in [0.1, 0.15) is 9.84 Å². The van der Waals surface area contributed by atoms with E-state index in [1.165, 1.54) is 6.26 Å². The Balaban J connectivity index is 3.12. The van der Waals surface area contributed by atoms with Gasteiger partial charge in [-0.25, -0.2) is 8.42 Å². The third kappa shape index (κ3) is 3.55. The highest BCUT2D eigenvalue weighted by Crippen LogP contribution is 2.22. The number of aryl methyl sites for hydroxylation is 2. The lowest BCUT2D eigenvalue weighted by Crippen LogP contribution is -2.15. The summed E-state index contributed by atoms with van der Waals surface area (Å²) in [7, 11) is -2.97. The van der Waals surface area contributed by atoms with Gasteiger partial charge in [-0.2, -0.15) is 5.10 Å². The molecular weight excluding hydrogens is 250 g/mol. The minimum Gasteiger partial charge on any atom is -0.324 e. The van der Waals surface area contributed by atoms with Crippen molar-refractivity contribution in [3.63, 3.8) is 0 Å². The van der Waals surface area contributed by atoms with E-state index in [4.69, 9.17) is 5.73 Å². The van der Waals surface area contributed by atoms with Gasteiger partial charge in [-0.1, -0.05) is 13.8 Å². The van der Waals surface area contributed by atoms with E-state index in [0.29, 0.717) is 6.54 Å². The predicted molar refractivity (Wildman–Crippen MR) is 73.3 cm³/mol. The summed E-state index contributed by atoms with van der Waals surface area (Å²) in [6.07, 6.45) is 2.87. The highest BCUT2D eigenvalue weighted by Gasteiger charge is 2.18. The molecule has 0 saturated heterocycles. The lowest BCUT2D eigenvalue weighted by atomic mass is 10.0. The summed E-state index contributed by atoms with van der Waals surface area (Å²) in [6.45, 7) is 6.42. The molecule has 0 fully saturated rings. The topological polar surface area (TPSA) is 78.0 Å². The van der Waals surface area contributed by atoms with E-state index in [1.54, 1.807) is 4.68 Å². The lowest BCUT2D eigenvalue weighted by molar-refractivity contribution is 0.576. The van der Waals surface area contributed by atoms with E-state index in [-0.39, 0.29) is 11.8 Å². The van der Waals surface area contributed by atoms with Gasteiger partial charge in [0.15, 0.2) is 0 Å². The molecule has 0 radical (unpaired) electrons. The van der Waals surface area contributed by atoms with Crippen LogP contribution in [0, 0.1) is 0 Å². The van der Waals surface area contributed by atoms with Gasteiger partial charge < -0.3 is 5.73 Å². The Bertz CT molecular complexity index is 504. The molecule has 0 saturated carbocycles. The fourth-order valence-electron chi connectivity index (χ4n) is 2.16. The fraction of sp³-hybridized carbons (Fsp3) is 0.750. The van der Waals surface area contributed by atoms with Gasteiger partial charge in [-0.15, -0.1) is 0 Å². The quantitative estimate of drug-likeness (QED) is 0.841. The average Bonchev–Trinajstić information content (AvgIpc) is 2.63. The zero-order valence-corrected chi connectivity index (χ0v) is 12.4. The largest absolute Gasteiger partial charge is 0.324 e. The molecule has 0 aliphatic heterocycles. The van der Waals surface area contributed by atoms with Gasteiger partial charge in [-0.3, -0.25) is 4.68 Å². The molecule has 6 heteroatoms. The molecule has 2 N–H and O–H groups in total. The van der Waals surface area contributed by atoms with Gasteiger partial charge in [0.2, 0.25) is 0 Å². The van der Waals surface area contributed by atoms with Crippen molar-refractivity contribution in [2.45, 2.75) is 46.2 Å². The summed E-state index contributed by atoms with van der Waals surface area (Å²) in [4.78, 5) is 0. The van der Waals surface area contributed by atoms with Crippen LogP contribution < -0.4 is 5.73 Å². The van der Waals surface area contributed by atoms with Crippen molar-refractivity contribution in [1.29, 1.82) is 0 Å². The second-order valence-corrected chi connectivity index (χ2v) is 6.92. The van der Waals surface area contributed by atoms with Crippen LogP contribution in [0.15, 0.2) is 0 Å². The van der Waals surface area contributed by atoms with Crippen LogP contribution in [-0.2, 0) is 29.2 Å². The number of nitrogens with zero attached hydrogens (tertiary/aromatic N) is 2. The standard InChI is InChI=1S/C12H23N3O2S/c1-5-10-12(9(3)13)11(6-2)15(14-10)7-8-18(4,16)17/h9H,5-8,13H2,1-4H3. The molecule has 1 aromatic heterocycles. The van der Waals surface area contributed by atoms with Crippen LogP contribution in [0.5, 0.6) is 0 Å². The average molecular weight is 273 g/mol. The first-order valence-corrected chi connectivity index (χ1v) is 8.37. The molecule has 5 nitrogen and oxygen atoms in total. The Kier molecular flexibility index (Phi) is 4.92. The molecule has 0 aromatic carbocycles. The third-order valence-corrected chi connectivity index (χ3v) is 3.90. The Hall–Kier alpha value is -0.880. The SMILES string of the molecule is CCc1nn(CCS(C)(=O)=O)c(CC)c1C(C)N. The Labute approximate surface area is 109 Å². The Morgan fingerprint density at radius 3 is 2.33 bits per heavy atom. The second-order valence-electron chi connectivity index (χ2n) is 4.66. The van der Waals surface area contributed by atoms with Crippen molar-refractivity contribution in [3.05, 3.63) is 17.0 Å². The zero-order chi connectivity index (χ0) is 13.9. The number of hydrogen-bond acceptors (Lipinski definition) is 4. The van der Waals surface area contributed by atoms with Crippen LogP contribution in [0.1, 0.15) is 43.8 Å². The number of rotatable bonds is 6. The molecule has 1 rings (SSSR count). The summed E-state index contributed by atoms with van der Waals surface area (Å²) in [5, 5.41) is 4.50. The van der Waals surface area contributed by atoms with Crippen molar-refractivity contribution >= 4 is 9.84 Å². The summed E-state index contributed by atoms with van der Waals surface area (Å²) in [5.74, 6) is 0.114. The van der Waals surface area contributed by atoms with Crippen LogP contribution in [0.3, 0.4) is 0 Å². The van der Waals surface area contributed by atoms with Crippen molar-refractivity contribution in [2.75, 3.05) is 12.0 Å². The minimum atomic E-state index is -2.97. The summed E-state index contributed by atoms with van der Waals surface area (Å²) >= 11 is 0. The van der Waals surface area contributed by atoms with Crippen molar-refractivity contribution < 1.29 is 8.42 Å². The maximum Gasteiger partial charge on any atom is 0.149 e. The maximum absolute atomic E-state index is 11.2. The van der Waals surface area contributed by atoms with Crippen molar-refractivity contribution in [1.82, 2.24) is 9.78 Å². The highest BCUT2D eigenvalue weighted by atomic mass is 32.2. The number of aromatic nitrogens is 2. The number of hydrogen-bond donors (Lipinski definition) is 1. The fourth-order valence-corrected chi connectivity index (χ4v) is 2.67. The molecule has 0 bridgehead atoms. The van der Waals surface area contributed by atoms with Crippen LogP contribution in [-0.4, -0.2) is 30.2 Å². The molecule has 1 unspecified atom stereocenters. The minimum absolute atomic E-state index is 0.0677. The molecule has 0 aliphatic carbocycles. The molecule has 0 aliphatic rings. The van der Waals surface area contributed by atoms with Crippen LogP contribution in [0.4, 0.5) is 0 Å². The molecule has 104 valence electrons. The molecular formula is C12H23N3O2S. The molecule has 0 amide bonds. The zero-order valence-electron chi connectivity index (χ0n) is 11.6. The van der Waals surface area contributed by atoms with Gasteiger partial charge >= 0.3 is 0 Å². The molecule has 18 heavy (non-hydrogen) atoms. The molecule has 1 heterocycles. The van der Waals surface area contributed by atoms with Gasteiger partial charge in [0, 0.05) is 23.6 Å². The lowest BCUT2D eigenvalue weighted by Gasteiger charge is -2.09. The second kappa shape index (κ2) is 5.84. The third-order valence-electron chi connectivity index (χ3n) is 2.97. The van der Waals surface area contributed by atoms with E-state index in [9.17, 15) is 8.42 Å². The summed E-state index contributed by atoms with van der Waals surface area (Å²) < 4.78 is 24.3. The molecule has 1 atom stereocenters. The first-order valence-electron chi connectivity index (χ1n) is 6.31. The van der Waals surface area contributed by atoms with E-state index in [0.717, 1.165) is 29.8 Å². The van der Waals surface area contributed by atoms with Crippen LogP contribution >= 0.6 is 0 Å². The normalized spacial score (nSPS) is 13.8.